The van der Waals surface area contributed by atoms with Crippen LogP contribution in [-0.2, 0) is 6.54 Å². The van der Waals surface area contributed by atoms with Gasteiger partial charge in [0.2, 0.25) is 0 Å². The Labute approximate surface area is 182 Å². The molecule has 4 heterocycles. The Morgan fingerprint density at radius 2 is 2.10 bits per heavy atom. The molecule has 164 valence electrons. The van der Waals surface area contributed by atoms with E-state index >= 15 is 0 Å². The highest BCUT2D eigenvalue weighted by Crippen LogP contribution is 2.33. The topological polar surface area (TPSA) is 109 Å². The lowest BCUT2D eigenvalue weighted by molar-refractivity contribution is 0.118. The summed E-state index contributed by atoms with van der Waals surface area (Å²) in [6.45, 7) is 8.75. The maximum Gasteiger partial charge on any atom is 0.140 e. The van der Waals surface area contributed by atoms with Gasteiger partial charge in [0, 0.05) is 49.5 Å². The standard InChI is InChI=1S/C23H31N7O/c1-4-30-20-12-19(17-13-26-22-16(17)6-5-9-25-22)28-23(18(20)14-27-30)29(11-8-24)10-7-21(31)15(2)3/h5-6,9,12-15,21,31H,4,7-8,10-11,24H2,1-3H3,(H,25,26)/t21-/m0/s1. The van der Waals surface area contributed by atoms with Crippen LogP contribution in [0.3, 0.4) is 0 Å². The van der Waals surface area contributed by atoms with Gasteiger partial charge in [0.15, 0.2) is 0 Å². The van der Waals surface area contributed by atoms with Gasteiger partial charge >= 0.3 is 0 Å². The van der Waals surface area contributed by atoms with Crippen LogP contribution in [0.15, 0.2) is 36.8 Å². The van der Waals surface area contributed by atoms with E-state index in [-0.39, 0.29) is 12.0 Å². The van der Waals surface area contributed by atoms with E-state index in [4.69, 9.17) is 10.7 Å². The van der Waals surface area contributed by atoms with Crippen molar-refractivity contribution in [3.63, 3.8) is 0 Å². The molecule has 8 heteroatoms. The highest BCUT2D eigenvalue weighted by molar-refractivity contribution is 5.97. The van der Waals surface area contributed by atoms with Gasteiger partial charge in [0.05, 0.1) is 28.9 Å². The number of nitrogens with two attached hydrogens (primary N) is 1. The lowest BCUT2D eigenvalue weighted by atomic mass is 10.0. The van der Waals surface area contributed by atoms with Gasteiger partial charge in [-0.15, -0.1) is 0 Å². The van der Waals surface area contributed by atoms with Gasteiger partial charge in [0.1, 0.15) is 11.5 Å². The first kappa shape index (κ1) is 21.3. The molecule has 31 heavy (non-hydrogen) atoms. The fourth-order valence-electron chi connectivity index (χ4n) is 3.96. The molecule has 0 unspecified atom stereocenters. The van der Waals surface area contributed by atoms with Crippen molar-refractivity contribution in [3.8, 4) is 11.3 Å². The summed E-state index contributed by atoms with van der Waals surface area (Å²) in [6.07, 6.45) is 5.91. The fourth-order valence-corrected chi connectivity index (χ4v) is 3.96. The highest BCUT2D eigenvalue weighted by Gasteiger charge is 2.20. The van der Waals surface area contributed by atoms with Gasteiger partial charge in [-0.05, 0) is 37.5 Å². The number of nitrogens with zero attached hydrogens (tertiary/aromatic N) is 5. The van der Waals surface area contributed by atoms with Crippen molar-refractivity contribution >= 4 is 27.8 Å². The number of aromatic amines is 1. The molecular weight excluding hydrogens is 390 g/mol. The fraction of sp³-hybridized carbons (Fsp3) is 0.435. The smallest absolute Gasteiger partial charge is 0.140 e. The predicted molar refractivity (Wildman–Crippen MR) is 125 cm³/mol. The van der Waals surface area contributed by atoms with E-state index in [0.29, 0.717) is 26.1 Å². The summed E-state index contributed by atoms with van der Waals surface area (Å²) in [5, 5.41) is 17.0. The average Bonchev–Trinajstić information content (AvgIpc) is 3.39. The first-order chi connectivity index (χ1) is 15.0. The quantitative estimate of drug-likeness (QED) is 0.383. The Morgan fingerprint density at radius 1 is 1.26 bits per heavy atom. The van der Waals surface area contributed by atoms with E-state index in [1.165, 1.54) is 0 Å². The van der Waals surface area contributed by atoms with E-state index in [1.54, 1.807) is 6.20 Å². The molecule has 0 spiro atoms. The van der Waals surface area contributed by atoms with E-state index in [1.807, 2.05) is 43.1 Å². The largest absolute Gasteiger partial charge is 0.393 e. The molecule has 1 atom stereocenters. The Bertz CT molecular complexity index is 1160. The van der Waals surface area contributed by atoms with Crippen LogP contribution in [0.2, 0.25) is 0 Å². The normalized spacial score (nSPS) is 12.8. The summed E-state index contributed by atoms with van der Waals surface area (Å²) in [6, 6.07) is 6.07. The van der Waals surface area contributed by atoms with Crippen molar-refractivity contribution in [3.05, 3.63) is 36.8 Å². The van der Waals surface area contributed by atoms with Gasteiger partial charge in [0.25, 0.3) is 0 Å². The van der Waals surface area contributed by atoms with Gasteiger partial charge in [-0.2, -0.15) is 5.10 Å². The minimum absolute atomic E-state index is 0.209. The monoisotopic (exact) mass is 421 g/mol. The van der Waals surface area contributed by atoms with Gasteiger partial charge in [-0.1, -0.05) is 13.8 Å². The Morgan fingerprint density at radius 3 is 2.84 bits per heavy atom. The van der Waals surface area contributed by atoms with E-state index < -0.39 is 0 Å². The van der Waals surface area contributed by atoms with Crippen LogP contribution in [0.4, 0.5) is 5.82 Å². The van der Waals surface area contributed by atoms with Crippen LogP contribution >= 0.6 is 0 Å². The number of aromatic nitrogens is 5. The highest BCUT2D eigenvalue weighted by atomic mass is 16.3. The molecule has 0 saturated heterocycles. The minimum atomic E-state index is -0.364. The molecule has 4 aromatic heterocycles. The molecular formula is C23H31N7O. The van der Waals surface area contributed by atoms with Crippen LogP contribution in [0.1, 0.15) is 27.2 Å². The number of anilines is 1. The molecule has 0 aliphatic heterocycles. The molecule has 0 aliphatic carbocycles. The average molecular weight is 422 g/mol. The van der Waals surface area contributed by atoms with Gasteiger partial charge in [-0.25, -0.2) is 9.97 Å². The third-order valence-corrected chi connectivity index (χ3v) is 5.81. The molecule has 8 nitrogen and oxygen atoms in total. The second kappa shape index (κ2) is 9.03. The van der Waals surface area contributed by atoms with E-state index in [0.717, 1.165) is 45.6 Å². The number of hydrogen-bond donors (Lipinski definition) is 3. The van der Waals surface area contributed by atoms with Crippen molar-refractivity contribution < 1.29 is 5.11 Å². The molecule has 0 fully saturated rings. The molecule has 4 aromatic rings. The minimum Gasteiger partial charge on any atom is -0.393 e. The Hall–Kier alpha value is -2.97. The number of pyridine rings is 2. The van der Waals surface area contributed by atoms with Crippen LogP contribution in [0, 0.1) is 5.92 Å². The number of fused-ring (bicyclic) bond motifs is 2. The van der Waals surface area contributed by atoms with E-state index in [2.05, 4.69) is 33.0 Å². The summed E-state index contributed by atoms with van der Waals surface area (Å²) in [4.78, 5) is 14.9. The van der Waals surface area contributed by atoms with Gasteiger partial charge < -0.3 is 20.7 Å². The number of hydrogen-bond acceptors (Lipinski definition) is 6. The van der Waals surface area contributed by atoms with E-state index in [9.17, 15) is 5.11 Å². The number of H-pyrrole nitrogens is 1. The summed E-state index contributed by atoms with van der Waals surface area (Å²) >= 11 is 0. The van der Waals surface area contributed by atoms with Crippen molar-refractivity contribution in [2.24, 2.45) is 11.7 Å². The molecule has 0 aromatic carbocycles. The van der Waals surface area contributed by atoms with Crippen LogP contribution in [0.5, 0.6) is 0 Å². The number of nitrogens with one attached hydrogen (secondary N) is 1. The zero-order valence-corrected chi connectivity index (χ0v) is 18.4. The number of aryl methyl sites for hydroxylation is 1. The number of aliphatic hydroxyl groups excluding tert-OH is 1. The van der Waals surface area contributed by atoms with Crippen molar-refractivity contribution in [2.75, 3.05) is 24.5 Å². The third kappa shape index (κ3) is 4.13. The van der Waals surface area contributed by atoms with Crippen LogP contribution in [-0.4, -0.2) is 55.6 Å². The maximum atomic E-state index is 10.4. The lowest BCUT2D eigenvalue weighted by Crippen LogP contribution is -2.34. The predicted octanol–water partition coefficient (Wildman–Crippen LogP) is 3.17. The summed E-state index contributed by atoms with van der Waals surface area (Å²) in [7, 11) is 0. The first-order valence-electron chi connectivity index (χ1n) is 11.0. The summed E-state index contributed by atoms with van der Waals surface area (Å²) in [5.74, 6) is 1.06. The van der Waals surface area contributed by atoms with Crippen molar-refractivity contribution in [1.82, 2.24) is 24.7 Å². The maximum absolute atomic E-state index is 10.4. The molecule has 0 amide bonds. The van der Waals surface area contributed by atoms with Crippen LogP contribution < -0.4 is 10.6 Å². The zero-order chi connectivity index (χ0) is 22.0. The molecule has 0 bridgehead atoms. The molecule has 4 rings (SSSR count). The Balaban J connectivity index is 1.84. The SMILES string of the molecule is CCn1ncc2c(N(CCN)CC[C@H](O)C(C)C)nc(-c3c[nH]c4ncccc34)cc21. The Kier molecular flexibility index (Phi) is 6.20. The third-order valence-electron chi connectivity index (χ3n) is 5.81. The van der Waals surface area contributed by atoms with Crippen LogP contribution in [0.25, 0.3) is 33.2 Å². The lowest BCUT2D eigenvalue weighted by Gasteiger charge is -2.26. The van der Waals surface area contributed by atoms with Crippen molar-refractivity contribution in [2.45, 2.75) is 39.8 Å². The second-order valence-corrected chi connectivity index (χ2v) is 8.20. The molecule has 0 saturated carbocycles. The summed E-state index contributed by atoms with van der Waals surface area (Å²) in [5.41, 5.74) is 9.69. The van der Waals surface area contributed by atoms with Gasteiger partial charge in [-0.3, -0.25) is 4.68 Å². The molecule has 4 N–H and O–H groups in total. The second-order valence-electron chi connectivity index (χ2n) is 8.20. The summed E-state index contributed by atoms with van der Waals surface area (Å²) < 4.78 is 1.99. The van der Waals surface area contributed by atoms with Crippen molar-refractivity contribution in [1.29, 1.82) is 0 Å². The first-order valence-corrected chi connectivity index (χ1v) is 11.0. The molecule has 0 radical (unpaired) electrons. The number of rotatable bonds is 9. The molecule has 0 aliphatic rings. The number of aliphatic hydroxyl groups is 1. The zero-order valence-electron chi connectivity index (χ0n) is 18.4.